The summed E-state index contributed by atoms with van der Waals surface area (Å²) in [5.74, 6) is 1.42. The summed E-state index contributed by atoms with van der Waals surface area (Å²) in [6, 6.07) is 0. The number of nitrogens with one attached hydrogen (secondary N) is 1. The molecule has 0 unspecified atom stereocenters. The summed E-state index contributed by atoms with van der Waals surface area (Å²) in [5.41, 5.74) is 0.408. The number of hydrogen-bond acceptors (Lipinski definition) is 5. The Kier molecular flexibility index (Phi) is 5.83. The van der Waals surface area contributed by atoms with E-state index in [1.807, 2.05) is 0 Å². The molecule has 1 fully saturated rings. The van der Waals surface area contributed by atoms with Crippen molar-refractivity contribution in [1.82, 2.24) is 4.98 Å². The molecule has 112 valence electrons. The largest absolute Gasteiger partial charge is 0.461 e. The van der Waals surface area contributed by atoms with Gasteiger partial charge in [-0.3, -0.25) is 0 Å². The molecule has 2 rings (SSSR count). The second-order valence-corrected chi connectivity index (χ2v) is 6.46. The minimum absolute atomic E-state index is 0.335. The van der Waals surface area contributed by atoms with Gasteiger partial charge in [0.15, 0.2) is 10.8 Å². The number of ether oxygens (including phenoxy) is 1. The number of carbonyl (C=O) groups excluding carboxylic acids is 1. The van der Waals surface area contributed by atoms with Gasteiger partial charge < -0.3 is 10.1 Å². The predicted octanol–water partition coefficient (Wildman–Crippen LogP) is 3.95. The van der Waals surface area contributed by atoms with E-state index < -0.39 is 0 Å². The van der Waals surface area contributed by atoms with Gasteiger partial charge in [0.2, 0.25) is 0 Å². The van der Waals surface area contributed by atoms with Crippen molar-refractivity contribution in [3.05, 3.63) is 11.1 Å². The summed E-state index contributed by atoms with van der Waals surface area (Å²) in [7, 11) is 0. The Balaban J connectivity index is 1.70. The van der Waals surface area contributed by atoms with Gasteiger partial charge >= 0.3 is 5.97 Å². The van der Waals surface area contributed by atoms with Gasteiger partial charge in [-0.15, -0.1) is 11.3 Å². The molecular formula is C15H24N2O2S. The fourth-order valence-electron chi connectivity index (χ4n) is 2.65. The van der Waals surface area contributed by atoms with Gasteiger partial charge in [-0.2, -0.15) is 0 Å². The van der Waals surface area contributed by atoms with E-state index in [0.717, 1.165) is 23.5 Å². The molecule has 0 spiro atoms. The molecule has 1 N–H and O–H groups in total. The van der Waals surface area contributed by atoms with E-state index in [1.165, 1.54) is 43.4 Å². The zero-order chi connectivity index (χ0) is 14.4. The molecule has 0 aromatic carbocycles. The Hall–Kier alpha value is -1.10. The van der Waals surface area contributed by atoms with Gasteiger partial charge in [-0.1, -0.05) is 32.6 Å². The Morgan fingerprint density at radius 1 is 1.45 bits per heavy atom. The van der Waals surface area contributed by atoms with Crippen molar-refractivity contribution in [2.45, 2.75) is 46.0 Å². The zero-order valence-electron chi connectivity index (χ0n) is 12.4. The molecule has 0 amide bonds. The van der Waals surface area contributed by atoms with Crippen LogP contribution in [0.3, 0.4) is 0 Å². The first-order chi connectivity index (χ1) is 9.69. The van der Waals surface area contributed by atoms with E-state index in [0.29, 0.717) is 12.3 Å². The zero-order valence-corrected chi connectivity index (χ0v) is 13.2. The van der Waals surface area contributed by atoms with Crippen molar-refractivity contribution >= 4 is 22.4 Å². The smallest absolute Gasteiger partial charge is 0.357 e. The van der Waals surface area contributed by atoms with E-state index >= 15 is 0 Å². The first-order valence-electron chi connectivity index (χ1n) is 7.55. The van der Waals surface area contributed by atoms with Crippen molar-refractivity contribution in [3.63, 3.8) is 0 Å². The minimum Gasteiger partial charge on any atom is -0.461 e. The van der Waals surface area contributed by atoms with E-state index in [-0.39, 0.29) is 5.97 Å². The van der Waals surface area contributed by atoms with Crippen molar-refractivity contribution in [2.24, 2.45) is 11.8 Å². The van der Waals surface area contributed by atoms with E-state index in [4.69, 9.17) is 4.74 Å². The van der Waals surface area contributed by atoms with Crippen LogP contribution in [0, 0.1) is 11.8 Å². The highest BCUT2D eigenvalue weighted by Gasteiger charge is 2.18. The third-order valence-corrected chi connectivity index (χ3v) is 4.75. The Bertz CT molecular complexity index is 425. The second kappa shape index (κ2) is 7.62. The summed E-state index contributed by atoms with van der Waals surface area (Å²) in [6.07, 6.45) is 6.65. The standard InChI is InChI=1S/C15H24N2O2S/c1-3-19-14(18)13-10-20-15(17-13)16-9-8-12-6-4-11(2)5-7-12/h10-12H,3-9H2,1-2H3,(H,16,17). The predicted molar refractivity (Wildman–Crippen MR) is 82.3 cm³/mol. The van der Waals surface area contributed by atoms with Crippen molar-refractivity contribution in [1.29, 1.82) is 0 Å². The molecular weight excluding hydrogens is 272 g/mol. The monoisotopic (exact) mass is 296 g/mol. The number of carbonyl (C=O) groups is 1. The van der Waals surface area contributed by atoms with Crippen LogP contribution in [0.15, 0.2) is 5.38 Å². The van der Waals surface area contributed by atoms with Crippen LogP contribution in [0.5, 0.6) is 0 Å². The fourth-order valence-corrected chi connectivity index (χ4v) is 3.36. The van der Waals surface area contributed by atoms with Gasteiger partial charge in [0.1, 0.15) is 0 Å². The molecule has 0 atom stereocenters. The van der Waals surface area contributed by atoms with Gasteiger partial charge in [-0.25, -0.2) is 9.78 Å². The highest BCUT2D eigenvalue weighted by molar-refractivity contribution is 7.13. The maximum Gasteiger partial charge on any atom is 0.357 e. The molecule has 1 heterocycles. The maximum atomic E-state index is 11.5. The average molecular weight is 296 g/mol. The molecule has 1 saturated carbocycles. The van der Waals surface area contributed by atoms with Gasteiger partial charge in [0.05, 0.1) is 6.61 Å². The summed E-state index contributed by atoms with van der Waals surface area (Å²) >= 11 is 1.47. The summed E-state index contributed by atoms with van der Waals surface area (Å²) in [6.45, 7) is 5.48. The molecule has 1 aromatic heterocycles. The number of thiazole rings is 1. The molecule has 0 saturated heterocycles. The lowest BCUT2D eigenvalue weighted by Gasteiger charge is -2.26. The lowest BCUT2D eigenvalue weighted by Crippen LogP contribution is -2.15. The molecule has 1 aromatic rings. The SMILES string of the molecule is CCOC(=O)c1csc(NCCC2CCC(C)CC2)n1. The molecule has 0 bridgehead atoms. The van der Waals surface area contributed by atoms with E-state index in [9.17, 15) is 4.79 Å². The minimum atomic E-state index is -0.335. The number of aromatic nitrogens is 1. The Labute approximate surface area is 124 Å². The number of rotatable bonds is 6. The molecule has 1 aliphatic rings. The van der Waals surface area contributed by atoms with Crippen LogP contribution in [-0.4, -0.2) is 24.1 Å². The van der Waals surface area contributed by atoms with Gasteiger partial charge in [0.25, 0.3) is 0 Å². The van der Waals surface area contributed by atoms with Crippen LogP contribution in [0.4, 0.5) is 5.13 Å². The van der Waals surface area contributed by atoms with Crippen molar-refractivity contribution in [3.8, 4) is 0 Å². The molecule has 0 aliphatic heterocycles. The summed E-state index contributed by atoms with van der Waals surface area (Å²) in [5, 5.41) is 5.89. The lowest BCUT2D eigenvalue weighted by molar-refractivity contribution is 0.0520. The van der Waals surface area contributed by atoms with Crippen LogP contribution in [-0.2, 0) is 4.74 Å². The third kappa shape index (κ3) is 4.47. The second-order valence-electron chi connectivity index (χ2n) is 5.60. The Morgan fingerprint density at radius 3 is 2.90 bits per heavy atom. The van der Waals surface area contributed by atoms with E-state index in [2.05, 4.69) is 17.2 Å². The fraction of sp³-hybridized carbons (Fsp3) is 0.733. The Morgan fingerprint density at radius 2 is 2.20 bits per heavy atom. The topological polar surface area (TPSA) is 51.2 Å². The van der Waals surface area contributed by atoms with Crippen LogP contribution in [0.25, 0.3) is 0 Å². The summed E-state index contributed by atoms with van der Waals surface area (Å²) in [4.78, 5) is 15.8. The molecule has 0 radical (unpaired) electrons. The average Bonchev–Trinajstić information content (AvgIpc) is 2.90. The van der Waals surface area contributed by atoms with Crippen LogP contribution >= 0.6 is 11.3 Å². The maximum absolute atomic E-state index is 11.5. The normalized spacial score (nSPS) is 22.5. The van der Waals surface area contributed by atoms with Gasteiger partial charge in [0, 0.05) is 11.9 Å². The van der Waals surface area contributed by atoms with Gasteiger partial charge in [-0.05, 0) is 25.2 Å². The number of nitrogens with zero attached hydrogens (tertiary/aromatic N) is 1. The van der Waals surface area contributed by atoms with Crippen molar-refractivity contribution in [2.75, 3.05) is 18.5 Å². The summed E-state index contributed by atoms with van der Waals surface area (Å²) < 4.78 is 4.93. The van der Waals surface area contributed by atoms with Crippen LogP contribution in [0.1, 0.15) is 56.4 Å². The quantitative estimate of drug-likeness (QED) is 0.808. The first kappa shape index (κ1) is 15.3. The lowest BCUT2D eigenvalue weighted by atomic mass is 9.81. The highest BCUT2D eigenvalue weighted by Crippen LogP contribution is 2.30. The number of hydrogen-bond donors (Lipinski definition) is 1. The number of esters is 1. The molecule has 4 nitrogen and oxygen atoms in total. The third-order valence-electron chi connectivity index (χ3n) is 3.95. The highest BCUT2D eigenvalue weighted by atomic mass is 32.1. The molecule has 1 aliphatic carbocycles. The first-order valence-corrected chi connectivity index (χ1v) is 8.43. The molecule has 20 heavy (non-hydrogen) atoms. The van der Waals surface area contributed by atoms with E-state index in [1.54, 1.807) is 12.3 Å². The van der Waals surface area contributed by atoms with Crippen LogP contribution < -0.4 is 5.32 Å². The number of anilines is 1. The van der Waals surface area contributed by atoms with Crippen molar-refractivity contribution < 1.29 is 9.53 Å². The van der Waals surface area contributed by atoms with Crippen LogP contribution in [0.2, 0.25) is 0 Å². The molecule has 5 heteroatoms.